The van der Waals surface area contributed by atoms with Crippen molar-refractivity contribution in [2.24, 2.45) is 0 Å². The van der Waals surface area contributed by atoms with Gasteiger partial charge in [-0.25, -0.2) is 43.9 Å². The van der Waals surface area contributed by atoms with Gasteiger partial charge in [-0.05, 0) is 0 Å². The number of hydrogen-bond acceptors (Lipinski definition) is 9. The third-order valence-corrected chi connectivity index (χ3v) is 4.86. The predicted octanol–water partition coefficient (Wildman–Crippen LogP) is 5.61. The van der Waals surface area contributed by atoms with Crippen molar-refractivity contribution in [1.29, 1.82) is 0 Å². The molecule has 3 saturated heterocycles. The molecular formula is C23H26F15O9Rf5-5. The van der Waals surface area contributed by atoms with Gasteiger partial charge in [-0.3, -0.25) is 0 Å². The van der Waals surface area contributed by atoms with Crippen LogP contribution in [-0.2, 0) is 42.6 Å². The fourth-order valence-corrected chi connectivity index (χ4v) is 2.42. The molecule has 0 aromatic heterocycles. The Balaban J connectivity index is -0.000000211. The van der Waals surface area contributed by atoms with Crippen LogP contribution in [0.5, 0.6) is 0 Å². The first-order valence-electron chi connectivity index (χ1n) is 12.5. The predicted molar refractivity (Wildman–Crippen MR) is 119 cm³/mol. The van der Waals surface area contributed by atoms with Crippen LogP contribution in [-0.4, -0.2) is 114 Å². The van der Waals surface area contributed by atoms with Crippen molar-refractivity contribution in [3.63, 3.8) is 0 Å². The Bertz CT molecular complexity index is 854. The van der Waals surface area contributed by atoms with Crippen molar-refractivity contribution >= 4 is 0 Å². The van der Waals surface area contributed by atoms with Gasteiger partial charge >= 0.3 is 0 Å². The molecular weight excluding hydrogens is 2040 g/mol. The maximum Gasteiger partial charge on any atom is 0.258 e. The Labute approximate surface area is 256 Å². The summed E-state index contributed by atoms with van der Waals surface area (Å²) in [5.41, 5.74) is 0. The second-order valence-electron chi connectivity index (χ2n) is 9.00. The SMILES string of the molecule is F[CH-]C(F)(F)OCC(COCC1CO1)OC(F)(F)[CH-]F.F[CH-]C(F)(F)OCC1CO1.F[CH-]C(F)(F)OCC1OC1COC(F)(F)[CH-]F.[Rf].[Rf].[Rf].[Rf].[Rf]. The van der Waals surface area contributed by atoms with Crippen LogP contribution in [0.2, 0.25) is 0 Å². The minimum atomic E-state index is -4.29. The molecule has 0 N–H and O–H groups in total. The van der Waals surface area contributed by atoms with E-state index >= 15 is 0 Å². The molecule has 3 aliphatic heterocycles. The van der Waals surface area contributed by atoms with E-state index in [0.717, 1.165) is 0 Å². The first-order chi connectivity index (χ1) is 21.7. The quantitative estimate of drug-likeness (QED) is 0.0736. The molecule has 0 bridgehead atoms. The smallest absolute Gasteiger partial charge is 0.258 e. The summed E-state index contributed by atoms with van der Waals surface area (Å²) in [5, 5.41) is 0. The molecule has 0 aromatic rings. The van der Waals surface area contributed by atoms with E-state index in [4.69, 9.17) is 9.47 Å². The first-order valence-corrected chi connectivity index (χ1v) is 12.5. The molecule has 0 aromatic carbocycles. The fourth-order valence-electron chi connectivity index (χ4n) is 2.42. The minimum Gasteiger partial charge on any atom is -0.451 e. The Morgan fingerprint density at radius 1 is 0.481 bits per heavy atom. The van der Waals surface area contributed by atoms with E-state index in [0.29, 0.717) is 13.2 Å². The molecule has 292 valence electrons. The Hall–Kier alpha value is -6.41. The van der Waals surface area contributed by atoms with Crippen molar-refractivity contribution in [3.8, 4) is 0 Å². The molecule has 0 aliphatic carbocycles. The summed E-state index contributed by atoms with van der Waals surface area (Å²) in [7, 11) is 0. The monoisotopic (exact) mass is 2070 g/mol. The number of alkyl halides is 10. The van der Waals surface area contributed by atoms with Crippen LogP contribution in [0.3, 0.4) is 0 Å². The zero-order chi connectivity index (χ0) is 35.9. The van der Waals surface area contributed by atoms with Gasteiger partial charge in [0.25, 0.3) is 30.5 Å². The summed E-state index contributed by atoms with van der Waals surface area (Å²) in [4.78, 5) is 0. The molecule has 0 saturated carbocycles. The van der Waals surface area contributed by atoms with Crippen LogP contribution in [0.15, 0.2) is 0 Å². The van der Waals surface area contributed by atoms with Crippen LogP contribution >= 0.6 is 0 Å². The van der Waals surface area contributed by atoms with E-state index in [-0.39, 0.29) is 25.4 Å². The number of halogens is 15. The minimum absolute atomic E-state index is 0. The largest absolute Gasteiger partial charge is 0.451 e. The number of ether oxygens (including phenoxy) is 9. The molecule has 0 spiro atoms. The summed E-state index contributed by atoms with van der Waals surface area (Å²) < 4.78 is 218. The third-order valence-electron chi connectivity index (χ3n) is 4.86. The van der Waals surface area contributed by atoms with Gasteiger partial charge in [-0.2, -0.15) is 0 Å². The summed E-state index contributed by atoms with van der Waals surface area (Å²) in [6, 6.07) is 0. The topological polar surface area (TPSA) is 93.0 Å². The van der Waals surface area contributed by atoms with E-state index in [9.17, 15) is 65.9 Å². The molecule has 3 fully saturated rings. The third kappa shape index (κ3) is 25.6. The maximum absolute atomic E-state index is 12.6. The van der Waals surface area contributed by atoms with Gasteiger partial charge < -0.3 is 64.6 Å². The molecule has 3 aliphatic rings. The second-order valence-corrected chi connectivity index (χ2v) is 9.00. The molecule has 29 heteroatoms. The average Bonchev–Trinajstić information content (AvgIpc) is 3.87. The second kappa shape index (κ2) is 23.1. The van der Waals surface area contributed by atoms with E-state index in [1.807, 2.05) is 0 Å². The van der Waals surface area contributed by atoms with Gasteiger partial charge in [0.2, 0.25) is 0 Å². The molecule has 5 unspecified atom stereocenters. The van der Waals surface area contributed by atoms with Crippen LogP contribution in [0, 0.1) is 33.4 Å². The molecule has 9 nitrogen and oxygen atoms in total. The van der Waals surface area contributed by atoms with Gasteiger partial charge in [-0.1, -0.05) is 33.4 Å². The van der Waals surface area contributed by atoms with E-state index in [1.54, 1.807) is 0 Å². The fraction of sp³-hybridized carbons (Fsp3) is 0.783. The standard InChI is InChI=1S/C10H12F6O4.C8H8F6O3.C5H6F3O2.5Rf/c11-5-9(13,14)19-4-8(20-10(15,16)6-12)2-17-1-7-3-18-7;9-3-7(11,12)15-1-5-6(17-5)2-16-8(13,14)4-10;6-3-5(7,8)10-2-4-1-9-4;;;;;/h5-8H,1-4H2;3-6H,1-2H2;3-4H,1-2H2;;;;;/q2*-2;-1;;;;;. The van der Waals surface area contributed by atoms with E-state index < -0.39 is 109 Å². The number of epoxide rings is 3. The van der Waals surface area contributed by atoms with Crippen molar-refractivity contribution in [3.05, 3.63) is 33.4 Å². The zero-order valence-corrected chi connectivity index (χ0v) is 58.8. The van der Waals surface area contributed by atoms with Crippen LogP contribution in [0.25, 0.3) is 0 Å². The number of hydrogen-bond donors (Lipinski definition) is 0. The Kier molecular flexibility index (Phi) is 24.4. The summed E-state index contributed by atoms with van der Waals surface area (Å²) in [6.45, 7) is -7.23. The zero-order valence-electron chi connectivity index (χ0n) is 26.8. The molecule has 5 atom stereocenters. The molecule has 3 rings (SSSR count). The summed E-state index contributed by atoms with van der Waals surface area (Å²) in [6.07, 6.45) is -24.4. The van der Waals surface area contributed by atoms with Crippen molar-refractivity contribution < 1.29 is 108 Å². The van der Waals surface area contributed by atoms with Crippen LogP contribution < -0.4 is 0 Å². The van der Waals surface area contributed by atoms with Gasteiger partial charge in [0.1, 0.15) is 30.5 Å². The van der Waals surface area contributed by atoms with Gasteiger partial charge in [-0.15, -0.1) is 0 Å². The molecule has 52 heavy (non-hydrogen) atoms. The molecule has 0 amide bonds. The summed E-state index contributed by atoms with van der Waals surface area (Å²) >= 11 is 0. The first kappa shape index (κ1) is 55.0. The normalized spacial score (nSPS) is 21.1. The van der Waals surface area contributed by atoms with Crippen molar-refractivity contribution in [2.45, 2.75) is 61.1 Å². The Morgan fingerprint density at radius 2 is 0.808 bits per heavy atom. The van der Waals surface area contributed by atoms with Gasteiger partial charge in [0.05, 0.1) is 52.9 Å². The summed E-state index contributed by atoms with van der Waals surface area (Å²) in [5.74, 6) is 0. The van der Waals surface area contributed by atoms with E-state index in [1.165, 1.54) is 0 Å². The van der Waals surface area contributed by atoms with Crippen LogP contribution in [0.1, 0.15) is 0 Å². The Morgan fingerprint density at radius 3 is 1.15 bits per heavy atom. The van der Waals surface area contributed by atoms with E-state index in [2.05, 4.69) is 33.2 Å². The maximum atomic E-state index is 12.6. The number of rotatable bonds is 23. The van der Waals surface area contributed by atoms with Gasteiger partial charge in [0, 0.05) is 0 Å². The average molecular weight is 2070 g/mol. The van der Waals surface area contributed by atoms with Crippen molar-refractivity contribution in [2.75, 3.05) is 52.9 Å². The van der Waals surface area contributed by atoms with Gasteiger partial charge in [0.15, 0.2) is 0 Å². The molecule has 0 radical (unpaired) electrons. The van der Waals surface area contributed by atoms with Crippen LogP contribution in [0.4, 0.5) is 65.9 Å². The van der Waals surface area contributed by atoms with Crippen molar-refractivity contribution in [1.82, 2.24) is 0 Å². The molecule has 3 heterocycles.